The molecule has 1 saturated carbocycles. The molecule has 0 aromatic heterocycles. The van der Waals surface area contributed by atoms with Gasteiger partial charge in [0.2, 0.25) is 0 Å². The molecule has 0 spiro atoms. The molecule has 0 bridgehead atoms. The molecule has 1 aromatic rings. The molecule has 1 aromatic carbocycles. The minimum atomic E-state index is -0.263. The van der Waals surface area contributed by atoms with Crippen LogP contribution in [0.2, 0.25) is 0 Å². The maximum absolute atomic E-state index is 13.1. The van der Waals surface area contributed by atoms with Gasteiger partial charge in [-0.15, -0.1) is 0 Å². The summed E-state index contributed by atoms with van der Waals surface area (Å²) < 4.78 is 13.9. The second-order valence-corrected chi connectivity index (χ2v) is 5.96. The van der Waals surface area contributed by atoms with Gasteiger partial charge < -0.3 is 16.2 Å². The molecular weight excluding hydrogens is 311 g/mol. The maximum Gasteiger partial charge on any atom is 0.124 e. The van der Waals surface area contributed by atoms with Gasteiger partial charge in [0.25, 0.3) is 0 Å². The summed E-state index contributed by atoms with van der Waals surface area (Å²) in [6.07, 6.45) is 3.24. The first-order valence-electron chi connectivity index (χ1n) is 6.67. The van der Waals surface area contributed by atoms with Crippen molar-refractivity contribution >= 4 is 15.9 Å². The van der Waals surface area contributed by atoms with E-state index in [-0.39, 0.29) is 24.5 Å². The van der Waals surface area contributed by atoms with Crippen LogP contribution in [0, 0.1) is 11.7 Å². The first-order chi connectivity index (χ1) is 9.15. The van der Waals surface area contributed by atoms with E-state index >= 15 is 0 Å². The Kier molecular flexibility index (Phi) is 5.33. The third kappa shape index (κ3) is 3.54. The van der Waals surface area contributed by atoms with Crippen LogP contribution in [-0.2, 0) is 0 Å². The third-order valence-corrected chi connectivity index (χ3v) is 4.57. The Morgan fingerprint density at radius 3 is 2.89 bits per heavy atom. The zero-order valence-corrected chi connectivity index (χ0v) is 12.4. The Balaban J connectivity index is 2.11. The fraction of sp³-hybridized carbons (Fsp3) is 0.571. The van der Waals surface area contributed by atoms with E-state index in [1.807, 2.05) is 0 Å². The van der Waals surface area contributed by atoms with Crippen LogP contribution in [0.4, 0.5) is 4.39 Å². The van der Waals surface area contributed by atoms with Crippen molar-refractivity contribution in [2.75, 3.05) is 13.2 Å². The van der Waals surface area contributed by atoms with Crippen LogP contribution in [0.3, 0.4) is 0 Å². The number of hydrogen-bond donors (Lipinski definition) is 3. The minimum Gasteiger partial charge on any atom is -0.396 e. The van der Waals surface area contributed by atoms with Crippen LogP contribution >= 0.6 is 15.9 Å². The molecular formula is C14H20BrFN2O. The lowest BCUT2D eigenvalue weighted by Crippen LogP contribution is -2.40. The zero-order chi connectivity index (χ0) is 13.8. The molecule has 3 nitrogen and oxygen atoms in total. The average Bonchev–Trinajstić information content (AvgIpc) is 2.84. The van der Waals surface area contributed by atoms with E-state index in [9.17, 15) is 9.50 Å². The smallest absolute Gasteiger partial charge is 0.124 e. The van der Waals surface area contributed by atoms with Gasteiger partial charge in [-0.2, -0.15) is 0 Å². The highest BCUT2D eigenvalue weighted by Crippen LogP contribution is 2.29. The number of benzene rings is 1. The molecule has 0 saturated heterocycles. The van der Waals surface area contributed by atoms with E-state index in [0.29, 0.717) is 12.5 Å². The van der Waals surface area contributed by atoms with Gasteiger partial charge in [-0.3, -0.25) is 0 Å². The van der Waals surface area contributed by atoms with E-state index in [1.165, 1.54) is 12.1 Å². The van der Waals surface area contributed by atoms with Crippen molar-refractivity contribution in [3.8, 4) is 0 Å². The largest absolute Gasteiger partial charge is 0.396 e. The highest BCUT2D eigenvalue weighted by Gasteiger charge is 2.28. The lowest BCUT2D eigenvalue weighted by molar-refractivity contribution is 0.199. The third-order valence-electron chi connectivity index (χ3n) is 3.88. The van der Waals surface area contributed by atoms with Crippen LogP contribution < -0.4 is 11.1 Å². The Labute approximate surface area is 121 Å². The molecule has 0 radical (unpaired) electrons. The van der Waals surface area contributed by atoms with E-state index in [1.54, 1.807) is 6.07 Å². The van der Waals surface area contributed by atoms with Gasteiger partial charge in [-0.25, -0.2) is 4.39 Å². The standard InChI is InChI=1S/C14H20BrFN2O/c15-12-6-10(16)4-5-11(12)14(7-17)18-13-3-1-2-9(13)8-19/h4-6,9,13-14,18-19H,1-3,7-8,17H2. The minimum absolute atomic E-state index is 0.0212. The molecule has 1 aliphatic rings. The normalized spacial score (nSPS) is 24.6. The van der Waals surface area contributed by atoms with Gasteiger partial charge in [0, 0.05) is 29.7 Å². The number of nitrogens with one attached hydrogen (secondary N) is 1. The highest BCUT2D eigenvalue weighted by molar-refractivity contribution is 9.10. The fourth-order valence-electron chi connectivity index (χ4n) is 2.80. The Morgan fingerprint density at radius 1 is 1.47 bits per heavy atom. The Bertz CT molecular complexity index is 430. The van der Waals surface area contributed by atoms with Gasteiger partial charge in [0.05, 0.1) is 0 Å². The molecule has 19 heavy (non-hydrogen) atoms. The number of hydrogen-bond acceptors (Lipinski definition) is 3. The molecule has 1 fully saturated rings. The van der Waals surface area contributed by atoms with Crippen LogP contribution in [0.5, 0.6) is 0 Å². The number of aliphatic hydroxyl groups is 1. The first-order valence-corrected chi connectivity index (χ1v) is 7.47. The van der Waals surface area contributed by atoms with Crippen LogP contribution in [-0.4, -0.2) is 24.3 Å². The van der Waals surface area contributed by atoms with Crippen molar-refractivity contribution in [1.82, 2.24) is 5.32 Å². The van der Waals surface area contributed by atoms with Crippen molar-refractivity contribution in [2.24, 2.45) is 11.7 Å². The van der Waals surface area contributed by atoms with Crippen molar-refractivity contribution in [3.63, 3.8) is 0 Å². The Morgan fingerprint density at radius 2 is 2.26 bits per heavy atom. The summed E-state index contributed by atoms with van der Waals surface area (Å²) in [4.78, 5) is 0. The zero-order valence-electron chi connectivity index (χ0n) is 10.8. The van der Waals surface area contributed by atoms with Crippen LogP contribution in [0.1, 0.15) is 30.9 Å². The van der Waals surface area contributed by atoms with Crippen molar-refractivity contribution in [1.29, 1.82) is 0 Å². The predicted octanol–water partition coefficient (Wildman–Crippen LogP) is 2.34. The average molecular weight is 331 g/mol. The summed E-state index contributed by atoms with van der Waals surface area (Å²) in [6.45, 7) is 0.651. The monoisotopic (exact) mass is 330 g/mol. The molecule has 2 rings (SSSR count). The van der Waals surface area contributed by atoms with Gasteiger partial charge >= 0.3 is 0 Å². The second kappa shape index (κ2) is 6.79. The molecule has 3 atom stereocenters. The lowest BCUT2D eigenvalue weighted by atomic mass is 10.0. The second-order valence-electron chi connectivity index (χ2n) is 5.10. The summed E-state index contributed by atoms with van der Waals surface area (Å²) >= 11 is 3.39. The molecule has 106 valence electrons. The fourth-order valence-corrected chi connectivity index (χ4v) is 3.43. The van der Waals surface area contributed by atoms with Gasteiger partial charge in [0.15, 0.2) is 0 Å². The van der Waals surface area contributed by atoms with Gasteiger partial charge in [-0.05, 0) is 36.5 Å². The topological polar surface area (TPSA) is 58.3 Å². The Hall–Kier alpha value is -0.490. The quantitative estimate of drug-likeness (QED) is 0.776. The number of nitrogens with two attached hydrogens (primary N) is 1. The van der Waals surface area contributed by atoms with Crippen molar-refractivity contribution < 1.29 is 9.50 Å². The molecule has 4 N–H and O–H groups in total. The molecule has 3 unspecified atom stereocenters. The van der Waals surface area contributed by atoms with E-state index in [2.05, 4.69) is 21.2 Å². The summed E-state index contributed by atoms with van der Waals surface area (Å²) in [7, 11) is 0. The predicted molar refractivity (Wildman–Crippen MR) is 77.2 cm³/mol. The summed E-state index contributed by atoms with van der Waals surface area (Å²) in [5.74, 6) is 0.0359. The lowest BCUT2D eigenvalue weighted by Gasteiger charge is -2.26. The number of halogens is 2. The SMILES string of the molecule is NCC(NC1CCCC1CO)c1ccc(F)cc1Br. The molecule has 1 aliphatic carbocycles. The number of rotatable bonds is 5. The van der Waals surface area contributed by atoms with Gasteiger partial charge in [0.1, 0.15) is 5.82 Å². The number of aliphatic hydroxyl groups excluding tert-OH is 1. The van der Waals surface area contributed by atoms with Crippen LogP contribution in [0.15, 0.2) is 22.7 Å². The molecule has 0 amide bonds. The van der Waals surface area contributed by atoms with Gasteiger partial charge in [-0.1, -0.05) is 28.4 Å². The molecule has 5 heteroatoms. The van der Waals surface area contributed by atoms with E-state index in [4.69, 9.17) is 5.73 Å². The van der Waals surface area contributed by atoms with E-state index < -0.39 is 0 Å². The van der Waals surface area contributed by atoms with Crippen LogP contribution in [0.25, 0.3) is 0 Å². The first kappa shape index (κ1) is 14.9. The van der Waals surface area contributed by atoms with Crippen molar-refractivity contribution in [3.05, 3.63) is 34.1 Å². The molecule has 0 heterocycles. The highest BCUT2D eigenvalue weighted by atomic mass is 79.9. The maximum atomic E-state index is 13.1. The summed E-state index contributed by atoms with van der Waals surface area (Å²) in [6, 6.07) is 4.93. The summed E-state index contributed by atoms with van der Waals surface area (Å²) in [5, 5.41) is 12.9. The van der Waals surface area contributed by atoms with Crippen molar-refractivity contribution in [2.45, 2.75) is 31.3 Å². The van der Waals surface area contributed by atoms with E-state index in [0.717, 1.165) is 29.3 Å². The summed E-state index contributed by atoms with van der Waals surface area (Å²) in [5.41, 5.74) is 6.80. The molecule has 0 aliphatic heterocycles.